The largest absolute Gasteiger partial charge is 0.492 e. The summed E-state index contributed by atoms with van der Waals surface area (Å²) in [6.07, 6.45) is 0. The highest BCUT2D eigenvalue weighted by molar-refractivity contribution is 9.10. The summed E-state index contributed by atoms with van der Waals surface area (Å²) in [5.74, 6) is 1.05. The van der Waals surface area contributed by atoms with Gasteiger partial charge in [0.15, 0.2) is 18.7 Å². The molecule has 0 saturated carbocycles. The number of anilines is 1. The number of nitrogens with one attached hydrogen (secondary N) is 1. The molecule has 3 aromatic rings. The summed E-state index contributed by atoms with van der Waals surface area (Å²) in [4.78, 5) is 28.0. The van der Waals surface area contributed by atoms with Crippen LogP contribution >= 0.6 is 15.9 Å². The number of halogens is 1. The first-order valence-corrected chi connectivity index (χ1v) is 8.64. The number of aromatic amines is 1. The molecule has 0 aliphatic carbocycles. The van der Waals surface area contributed by atoms with Crippen molar-refractivity contribution in [3.63, 3.8) is 0 Å². The lowest BCUT2D eigenvalue weighted by Crippen LogP contribution is -2.20. The second kappa shape index (κ2) is 7.47. The molecule has 12 heteroatoms. The van der Waals surface area contributed by atoms with E-state index >= 15 is 0 Å². The van der Waals surface area contributed by atoms with Crippen molar-refractivity contribution in [3.8, 4) is 17.4 Å². The van der Waals surface area contributed by atoms with Crippen molar-refractivity contribution in [2.75, 3.05) is 27.1 Å². The Bertz CT molecular complexity index is 1070. The number of hydrogen-bond donors (Lipinski definition) is 2. The zero-order valence-electron chi connectivity index (χ0n) is 15.2. The summed E-state index contributed by atoms with van der Waals surface area (Å²) < 4.78 is 18.0. The van der Waals surface area contributed by atoms with Crippen LogP contribution in [0, 0.1) is 0 Å². The number of rotatable bonds is 6. The van der Waals surface area contributed by atoms with E-state index in [0.717, 1.165) is 0 Å². The van der Waals surface area contributed by atoms with Gasteiger partial charge in [-0.05, 0) is 15.9 Å². The minimum atomic E-state index is -0.365. The zero-order valence-corrected chi connectivity index (χ0v) is 16.7. The van der Waals surface area contributed by atoms with Gasteiger partial charge in [0.05, 0.1) is 43.6 Å². The first-order valence-electron chi connectivity index (χ1n) is 7.84. The Hall–Kier alpha value is -2.76. The number of nitrogen functional groups attached to an aromatic ring is 1. The fraction of sp³-hybridized carbons (Fsp3) is 0.333. The molecule has 0 saturated heterocycles. The van der Waals surface area contributed by atoms with Crippen LogP contribution in [-0.4, -0.2) is 53.1 Å². The molecule has 0 aliphatic heterocycles. The first kappa shape index (κ1) is 19.0. The molecular weight excluding hydrogens is 419 g/mol. The number of nitrogens with zero attached hydrogens (tertiary/aromatic N) is 4. The number of pyridine rings is 1. The molecule has 0 bridgehead atoms. The third-order valence-electron chi connectivity index (χ3n) is 3.94. The van der Waals surface area contributed by atoms with Gasteiger partial charge in [-0.25, -0.2) is 14.8 Å². The number of ether oxygens (including phenoxy) is 3. The van der Waals surface area contributed by atoms with Crippen LogP contribution in [0.15, 0.2) is 9.27 Å². The third kappa shape index (κ3) is 3.20. The highest BCUT2D eigenvalue weighted by Gasteiger charge is 2.23. The Labute approximate surface area is 163 Å². The summed E-state index contributed by atoms with van der Waals surface area (Å²) >= 11 is 3.46. The van der Waals surface area contributed by atoms with Crippen molar-refractivity contribution in [1.29, 1.82) is 0 Å². The molecule has 3 aromatic heterocycles. The van der Waals surface area contributed by atoms with Gasteiger partial charge in [-0.2, -0.15) is 4.98 Å². The van der Waals surface area contributed by atoms with Crippen LogP contribution in [0.2, 0.25) is 6.82 Å². The molecule has 0 spiro atoms. The number of H-pyrrole nitrogens is 1. The van der Waals surface area contributed by atoms with E-state index in [0.29, 0.717) is 38.4 Å². The quantitative estimate of drug-likeness (QED) is 0.529. The van der Waals surface area contributed by atoms with Gasteiger partial charge in [0.25, 0.3) is 5.88 Å². The van der Waals surface area contributed by atoms with E-state index in [2.05, 4.69) is 35.9 Å². The second-order valence-corrected chi connectivity index (χ2v) is 6.21. The minimum Gasteiger partial charge on any atom is -0.492 e. The Kier molecular flexibility index (Phi) is 5.26. The maximum atomic E-state index is 12.5. The fourth-order valence-corrected chi connectivity index (χ4v) is 3.29. The van der Waals surface area contributed by atoms with Gasteiger partial charge in [0, 0.05) is 5.59 Å². The number of hydrogen-bond acceptors (Lipinski definition) is 8. The summed E-state index contributed by atoms with van der Waals surface area (Å²) in [6.45, 7) is 1.89. The molecule has 3 rings (SSSR count). The molecule has 0 aliphatic rings. The van der Waals surface area contributed by atoms with E-state index in [1.165, 1.54) is 25.9 Å². The maximum absolute atomic E-state index is 12.5. The molecule has 141 valence electrons. The van der Waals surface area contributed by atoms with Crippen LogP contribution in [0.1, 0.15) is 5.69 Å². The lowest BCUT2D eigenvalue weighted by molar-refractivity contribution is 0.313. The van der Waals surface area contributed by atoms with E-state index < -0.39 is 0 Å². The molecular formula is C15H17BBrN6O4. The van der Waals surface area contributed by atoms with Gasteiger partial charge in [-0.1, -0.05) is 6.82 Å². The first-order chi connectivity index (χ1) is 12.9. The Morgan fingerprint density at radius 2 is 1.85 bits per heavy atom. The Morgan fingerprint density at radius 1 is 1.15 bits per heavy atom. The van der Waals surface area contributed by atoms with E-state index in [-0.39, 0.29) is 24.1 Å². The van der Waals surface area contributed by atoms with Crippen LogP contribution < -0.4 is 31.2 Å². The van der Waals surface area contributed by atoms with Gasteiger partial charge in [0.2, 0.25) is 11.7 Å². The summed E-state index contributed by atoms with van der Waals surface area (Å²) in [6, 6.07) is 0. The molecule has 1 radical (unpaired) electrons. The second-order valence-electron chi connectivity index (χ2n) is 5.42. The topological polar surface area (TPSA) is 130 Å². The van der Waals surface area contributed by atoms with Crippen LogP contribution in [0.5, 0.6) is 17.4 Å². The fourth-order valence-electron chi connectivity index (χ4n) is 2.73. The van der Waals surface area contributed by atoms with E-state index in [9.17, 15) is 4.79 Å². The summed E-state index contributed by atoms with van der Waals surface area (Å²) in [5, 5.41) is 0. The third-order valence-corrected chi connectivity index (χ3v) is 4.76. The van der Waals surface area contributed by atoms with Gasteiger partial charge in [-0.3, -0.25) is 4.57 Å². The highest BCUT2D eigenvalue weighted by atomic mass is 79.9. The molecule has 0 unspecified atom stereocenters. The van der Waals surface area contributed by atoms with Crippen molar-refractivity contribution in [2.45, 2.75) is 13.4 Å². The average molecular weight is 436 g/mol. The maximum Gasteiger partial charge on any atom is 0.328 e. The molecule has 3 N–H and O–H groups in total. The van der Waals surface area contributed by atoms with Crippen molar-refractivity contribution in [3.05, 3.63) is 20.7 Å². The molecule has 0 aromatic carbocycles. The van der Waals surface area contributed by atoms with E-state index in [1.807, 2.05) is 0 Å². The van der Waals surface area contributed by atoms with Crippen LogP contribution in [-0.2, 0) is 6.54 Å². The Balaban J connectivity index is 2.20. The highest BCUT2D eigenvalue weighted by Crippen LogP contribution is 2.42. The number of fused-ring (bicyclic) bond motifs is 1. The lowest BCUT2D eigenvalue weighted by atomic mass is 9.77. The van der Waals surface area contributed by atoms with Crippen molar-refractivity contribution in [1.82, 2.24) is 24.5 Å². The van der Waals surface area contributed by atoms with E-state index in [4.69, 9.17) is 19.9 Å². The van der Waals surface area contributed by atoms with Crippen molar-refractivity contribution < 1.29 is 14.2 Å². The summed E-state index contributed by atoms with van der Waals surface area (Å²) in [5.41, 5.74) is 7.33. The molecule has 10 nitrogen and oxygen atoms in total. The molecule has 0 amide bonds. The predicted molar refractivity (Wildman–Crippen MR) is 105 cm³/mol. The monoisotopic (exact) mass is 435 g/mol. The molecule has 3 heterocycles. The average Bonchev–Trinajstić information content (AvgIpc) is 2.97. The van der Waals surface area contributed by atoms with Crippen LogP contribution in [0.25, 0.3) is 11.2 Å². The normalized spacial score (nSPS) is 10.9. The SMILES string of the molecule is C[B]c1nc(N)nc2c1[nH]c(=O)n2Cc1nc(OC)c(OC)c(OC)c1Br. The van der Waals surface area contributed by atoms with Crippen molar-refractivity contribution >= 4 is 45.9 Å². The summed E-state index contributed by atoms with van der Waals surface area (Å²) in [7, 11) is 6.20. The standard InChI is InChI=1S/C15H17BBrN6O4/c1-16-11-8-12(22-14(18)21-11)23(15(24)20-8)5-6-7(17)9(25-2)10(26-3)13(19-6)27-4/h5H2,1-4H3,(H,20,24)(H2,18,21,22). The number of nitrogens with two attached hydrogens (primary N) is 1. The van der Waals surface area contributed by atoms with Crippen LogP contribution in [0.3, 0.4) is 0 Å². The van der Waals surface area contributed by atoms with Gasteiger partial charge in [0.1, 0.15) is 0 Å². The van der Waals surface area contributed by atoms with Crippen molar-refractivity contribution in [2.24, 2.45) is 0 Å². The number of aromatic nitrogens is 5. The molecule has 27 heavy (non-hydrogen) atoms. The van der Waals surface area contributed by atoms with Gasteiger partial charge < -0.3 is 24.9 Å². The van der Waals surface area contributed by atoms with E-state index in [1.54, 1.807) is 14.1 Å². The lowest BCUT2D eigenvalue weighted by Gasteiger charge is -2.15. The van der Waals surface area contributed by atoms with Gasteiger partial charge >= 0.3 is 5.69 Å². The zero-order chi connectivity index (χ0) is 19.7. The predicted octanol–water partition coefficient (Wildman–Crippen LogP) is 0.311. The minimum absolute atomic E-state index is 0.0697. The number of imidazole rings is 1. The smallest absolute Gasteiger partial charge is 0.328 e. The molecule has 0 fully saturated rings. The number of methoxy groups -OCH3 is 3. The molecule has 0 atom stereocenters. The Morgan fingerprint density at radius 3 is 2.44 bits per heavy atom. The van der Waals surface area contributed by atoms with Crippen LogP contribution in [0.4, 0.5) is 5.95 Å². The van der Waals surface area contributed by atoms with Gasteiger partial charge in [-0.15, -0.1) is 0 Å².